The van der Waals surface area contributed by atoms with Gasteiger partial charge in [-0.1, -0.05) is 36.4 Å². The van der Waals surface area contributed by atoms with Crippen LogP contribution < -0.4 is 5.73 Å². The van der Waals surface area contributed by atoms with Gasteiger partial charge in [0, 0.05) is 11.5 Å². The second kappa shape index (κ2) is 9.54. The number of benzene rings is 2. The number of fused-ring (bicyclic) bond motifs is 3. The van der Waals surface area contributed by atoms with Crippen molar-refractivity contribution in [2.75, 3.05) is 14.1 Å². The van der Waals surface area contributed by atoms with Gasteiger partial charge in [0.2, 0.25) is 5.91 Å². The minimum Gasteiger partial charge on any atom is -0.507 e. The molecule has 0 spiro atoms. The number of hydrogen-bond acceptors (Lipinski definition) is 9. The number of phenols is 1. The zero-order chi connectivity index (χ0) is 29.3. The van der Waals surface area contributed by atoms with Crippen LogP contribution in [-0.4, -0.2) is 81.1 Å². The normalized spacial score (nSPS) is 31.8. The number of halogens is 1. The van der Waals surface area contributed by atoms with E-state index in [4.69, 9.17) is 5.73 Å². The van der Waals surface area contributed by atoms with Gasteiger partial charge in [0.25, 0.3) is 0 Å². The van der Waals surface area contributed by atoms with Crippen LogP contribution in [0.2, 0.25) is 0 Å². The summed E-state index contributed by atoms with van der Waals surface area (Å²) in [4.78, 5) is 67.4. The Hall–Kier alpha value is -4.06. The van der Waals surface area contributed by atoms with E-state index >= 15 is 0 Å². The van der Waals surface area contributed by atoms with Crippen LogP contribution in [-0.2, 0) is 25.6 Å². The lowest BCUT2D eigenvalue weighted by atomic mass is 9.51. The highest BCUT2D eigenvalue weighted by Crippen LogP contribution is 2.51. The van der Waals surface area contributed by atoms with E-state index in [1.54, 1.807) is 18.2 Å². The van der Waals surface area contributed by atoms with Crippen molar-refractivity contribution in [1.82, 2.24) is 4.90 Å². The van der Waals surface area contributed by atoms with Gasteiger partial charge in [-0.25, -0.2) is 4.39 Å². The van der Waals surface area contributed by atoms with Gasteiger partial charge in [-0.3, -0.25) is 28.9 Å². The van der Waals surface area contributed by atoms with Crippen LogP contribution >= 0.6 is 0 Å². The summed E-state index contributed by atoms with van der Waals surface area (Å²) in [6.07, 6.45) is 1.35. The number of nitrogens with two attached hydrogens (primary N) is 1. The van der Waals surface area contributed by atoms with E-state index in [9.17, 15) is 43.7 Å². The van der Waals surface area contributed by atoms with Crippen molar-refractivity contribution < 1.29 is 43.7 Å². The maximum absolute atomic E-state index is 13.9. The summed E-state index contributed by atoms with van der Waals surface area (Å²) in [7, 11) is 2.86. The number of aromatic hydroxyl groups is 1. The van der Waals surface area contributed by atoms with Crippen molar-refractivity contribution in [3.05, 3.63) is 64.5 Å². The molecular formula is C29H27FN2O8. The molecule has 2 aromatic carbocycles. The Bertz CT molecular complexity index is 1500. The SMILES string of the molecule is CN(C)[C@H]1C(=O)C(C(N)=O)C(=O)[C@]2(O)C(=O)C3C(=O)c4c(ccc(C=Cc5ccc(F)cc5)c4O)C[C@@H]3[C@@H](O)[C@H]12. The lowest BCUT2D eigenvalue weighted by Crippen LogP contribution is -2.77. The van der Waals surface area contributed by atoms with E-state index < -0.39 is 82.0 Å². The molecule has 11 heteroatoms. The lowest BCUT2D eigenvalue weighted by molar-refractivity contribution is -0.195. The van der Waals surface area contributed by atoms with Crippen LogP contribution in [0.5, 0.6) is 5.75 Å². The number of likely N-dealkylation sites (N-methyl/N-ethyl adjacent to an activating group) is 1. The number of ketones is 4. The molecule has 0 saturated heterocycles. The van der Waals surface area contributed by atoms with Gasteiger partial charge in [-0.2, -0.15) is 0 Å². The highest BCUT2D eigenvalue weighted by molar-refractivity contribution is 6.32. The van der Waals surface area contributed by atoms with Gasteiger partial charge in [-0.15, -0.1) is 0 Å². The summed E-state index contributed by atoms with van der Waals surface area (Å²) in [5.74, 6) is -13.4. The molecule has 0 aliphatic heterocycles. The number of carbonyl (C=O) groups excluding carboxylic acids is 5. The standard InChI is InChI=1S/C29H27FN2O8/c1-32(2)21-20-23(34)16-11-14-8-7-13(6-3-12-4-9-15(30)10-5-12)22(33)17(14)24(35)18(16)26(37)29(20,40)27(38)19(25(21)36)28(31)39/h3-10,16,18-21,23,33-34,40H,11H2,1-2H3,(H2,31,39)/t16-,18?,19?,20-,21+,23+,29+/m0/s1. The zero-order valence-corrected chi connectivity index (χ0v) is 21.6. The molecule has 3 aliphatic rings. The number of aliphatic hydroxyl groups excluding tert-OH is 1. The number of Topliss-reactive ketones (excluding diaryl/α,β-unsaturated/α-hetero) is 4. The molecule has 0 heterocycles. The molecule has 5 N–H and O–H groups in total. The van der Waals surface area contributed by atoms with Crippen LogP contribution in [0.3, 0.4) is 0 Å². The predicted molar refractivity (Wildman–Crippen MR) is 138 cm³/mol. The zero-order valence-electron chi connectivity index (χ0n) is 21.6. The molecule has 0 radical (unpaired) electrons. The Balaban J connectivity index is 1.59. The topological polar surface area (TPSA) is 175 Å². The Kier molecular flexibility index (Phi) is 6.56. The molecular weight excluding hydrogens is 523 g/mol. The molecule has 3 aliphatic carbocycles. The van der Waals surface area contributed by atoms with Crippen LogP contribution in [0.1, 0.15) is 27.0 Å². The molecule has 2 unspecified atom stereocenters. The molecule has 5 rings (SSSR count). The lowest BCUT2D eigenvalue weighted by Gasteiger charge is -2.54. The van der Waals surface area contributed by atoms with E-state index in [-0.39, 0.29) is 17.5 Å². The maximum atomic E-state index is 13.9. The fourth-order valence-electron chi connectivity index (χ4n) is 6.50. The fourth-order valence-corrected chi connectivity index (χ4v) is 6.50. The third-order valence-corrected chi connectivity index (χ3v) is 8.38. The van der Waals surface area contributed by atoms with E-state index in [2.05, 4.69) is 0 Å². The van der Waals surface area contributed by atoms with Gasteiger partial charge in [0.05, 0.1) is 29.5 Å². The van der Waals surface area contributed by atoms with Crippen molar-refractivity contribution in [2.45, 2.75) is 24.2 Å². The molecule has 0 aromatic heterocycles. The molecule has 0 bridgehead atoms. The molecule has 1 amide bonds. The highest BCUT2D eigenvalue weighted by Gasteiger charge is 2.72. The van der Waals surface area contributed by atoms with Crippen molar-refractivity contribution in [2.24, 2.45) is 29.4 Å². The number of phenolic OH excluding ortho intramolecular Hbond substituents is 1. The minimum atomic E-state index is -3.04. The minimum absolute atomic E-state index is 0.0669. The number of rotatable bonds is 4. The van der Waals surface area contributed by atoms with E-state index in [0.29, 0.717) is 11.1 Å². The third kappa shape index (κ3) is 3.84. The molecule has 10 nitrogen and oxygen atoms in total. The Morgan fingerprint density at radius 3 is 2.30 bits per heavy atom. The molecule has 7 atom stereocenters. The van der Waals surface area contributed by atoms with Crippen molar-refractivity contribution >= 4 is 41.2 Å². The van der Waals surface area contributed by atoms with Crippen molar-refractivity contribution in [3.8, 4) is 5.75 Å². The summed E-state index contributed by atoms with van der Waals surface area (Å²) < 4.78 is 13.2. The van der Waals surface area contributed by atoms with Gasteiger partial charge in [0.1, 0.15) is 11.6 Å². The molecule has 40 heavy (non-hydrogen) atoms. The largest absolute Gasteiger partial charge is 0.507 e. The second-order valence-corrected chi connectivity index (χ2v) is 10.8. The first-order valence-corrected chi connectivity index (χ1v) is 12.6. The Morgan fingerprint density at radius 1 is 1.05 bits per heavy atom. The number of primary amides is 1. The first-order valence-electron chi connectivity index (χ1n) is 12.6. The van der Waals surface area contributed by atoms with Crippen LogP contribution in [0.4, 0.5) is 4.39 Å². The maximum Gasteiger partial charge on any atom is 0.235 e. The van der Waals surface area contributed by atoms with Crippen LogP contribution in [0, 0.1) is 29.5 Å². The Labute approximate surface area is 227 Å². The van der Waals surface area contributed by atoms with Crippen LogP contribution in [0.25, 0.3) is 12.2 Å². The van der Waals surface area contributed by atoms with Gasteiger partial charge >= 0.3 is 0 Å². The van der Waals surface area contributed by atoms with Crippen molar-refractivity contribution in [1.29, 1.82) is 0 Å². The quantitative estimate of drug-likeness (QED) is 0.305. The number of carbonyl (C=O) groups is 5. The first kappa shape index (κ1) is 27.5. The summed E-state index contributed by atoms with van der Waals surface area (Å²) in [5.41, 5.74) is 3.24. The Morgan fingerprint density at radius 2 is 1.70 bits per heavy atom. The third-order valence-electron chi connectivity index (χ3n) is 8.38. The molecule has 2 saturated carbocycles. The number of amides is 1. The monoisotopic (exact) mass is 550 g/mol. The van der Waals surface area contributed by atoms with Gasteiger partial charge in [0.15, 0.2) is 34.7 Å². The molecule has 2 fully saturated rings. The number of aliphatic hydroxyl groups is 2. The van der Waals surface area contributed by atoms with E-state index in [1.165, 1.54) is 49.3 Å². The summed E-state index contributed by atoms with van der Waals surface area (Å²) in [6.45, 7) is 0. The number of nitrogens with zero attached hydrogens (tertiary/aromatic N) is 1. The van der Waals surface area contributed by atoms with Crippen molar-refractivity contribution in [3.63, 3.8) is 0 Å². The smallest absolute Gasteiger partial charge is 0.235 e. The van der Waals surface area contributed by atoms with Gasteiger partial charge in [-0.05, 0) is 43.8 Å². The number of hydrogen-bond donors (Lipinski definition) is 4. The average molecular weight is 551 g/mol. The molecule has 208 valence electrons. The molecule has 2 aromatic rings. The predicted octanol–water partition coefficient (Wildman–Crippen LogP) is 0.147. The fraction of sp³-hybridized carbons (Fsp3) is 0.345. The average Bonchev–Trinajstić information content (AvgIpc) is 2.89. The first-order chi connectivity index (χ1) is 18.8. The summed E-state index contributed by atoms with van der Waals surface area (Å²) in [5, 5.41) is 34.1. The van der Waals surface area contributed by atoms with E-state index in [1.807, 2.05) is 0 Å². The van der Waals surface area contributed by atoms with Gasteiger partial charge < -0.3 is 21.1 Å². The van der Waals surface area contributed by atoms with E-state index in [0.717, 1.165) is 0 Å². The summed E-state index contributed by atoms with van der Waals surface area (Å²) in [6, 6.07) is 7.25. The second-order valence-electron chi connectivity index (χ2n) is 10.8. The highest BCUT2D eigenvalue weighted by atomic mass is 19.1. The van der Waals surface area contributed by atoms with Crippen LogP contribution in [0.15, 0.2) is 36.4 Å². The summed E-state index contributed by atoms with van der Waals surface area (Å²) >= 11 is 0.